The number of carbonyl (C=O) groups is 1. The van der Waals surface area contributed by atoms with Crippen LogP contribution in [0.25, 0.3) is 0 Å². The largest absolute Gasteiger partial charge is 0.444 e. The second-order valence-electron chi connectivity index (χ2n) is 6.78. The van der Waals surface area contributed by atoms with Gasteiger partial charge in [0.25, 0.3) is 0 Å². The fourth-order valence-corrected chi connectivity index (χ4v) is 2.91. The predicted molar refractivity (Wildman–Crippen MR) is 81.6 cm³/mol. The highest BCUT2D eigenvalue weighted by Gasteiger charge is 2.40. The molecule has 2 aliphatic heterocycles. The summed E-state index contributed by atoms with van der Waals surface area (Å²) in [6.45, 7) is 6.68. The summed E-state index contributed by atoms with van der Waals surface area (Å²) in [4.78, 5) is 14.3. The molecule has 0 spiro atoms. The van der Waals surface area contributed by atoms with E-state index in [1.807, 2.05) is 25.7 Å². The SMILES string of the molecule is COC(CC1=CC2COCC(C1)N2C(=O)OC(C)(C)C)OC. The Kier molecular flexibility index (Phi) is 5.47. The Morgan fingerprint density at radius 1 is 1.36 bits per heavy atom. The third-order valence-corrected chi connectivity index (χ3v) is 3.83. The van der Waals surface area contributed by atoms with Crippen LogP contribution in [-0.2, 0) is 18.9 Å². The van der Waals surface area contributed by atoms with Crippen molar-refractivity contribution in [1.29, 1.82) is 0 Å². The highest BCUT2D eigenvalue weighted by atomic mass is 16.7. The molecule has 2 aliphatic rings. The first-order chi connectivity index (χ1) is 10.3. The molecule has 1 saturated heterocycles. The number of carbonyl (C=O) groups excluding carboxylic acids is 1. The van der Waals surface area contributed by atoms with Crippen LogP contribution in [0.15, 0.2) is 11.6 Å². The molecule has 2 unspecified atom stereocenters. The van der Waals surface area contributed by atoms with Gasteiger partial charge in [0.05, 0.1) is 25.3 Å². The molecule has 0 N–H and O–H groups in total. The van der Waals surface area contributed by atoms with E-state index < -0.39 is 5.60 Å². The summed E-state index contributed by atoms with van der Waals surface area (Å²) in [6.07, 6.45) is 3.04. The molecule has 22 heavy (non-hydrogen) atoms. The van der Waals surface area contributed by atoms with Crippen molar-refractivity contribution in [2.75, 3.05) is 27.4 Å². The molecular formula is C16H27NO5. The van der Waals surface area contributed by atoms with Crippen molar-refractivity contribution >= 4 is 6.09 Å². The first kappa shape index (κ1) is 17.2. The highest BCUT2D eigenvalue weighted by molar-refractivity contribution is 5.70. The second kappa shape index (κ2) is 6.98. The van der Waals surface area contributed by atoms with Crippen molar-refractivity contribution in [3.05, 3.63) is 11.6 Å². The molecule has 126 valence electrons. The number of nitrogens with zero attached hydrogens (tertiary/aromatic N) is 1. The minimum Gasteiger partial charge on any atom is -0.444 e. The van der Waals surface area contributed by atoms with Gasteiger partial charge in [0.1, 0.15) is 5.60 Å². The maximum Gasteiger partial charge on any atom is 0.411 e. The average Bonchev–Trinajstić information content (AvgIpc) is 2.41. The summed E-state index contributed by atoms with van der Waals surface area (Å²) in [5.74, 6) is 0. The van der Waals surface area contributed by atoms with E-state index in [9.17, 15) is 4.79 Å². The lowest BCUT2D eigenvalue weighted by Crippen LogP contribution is -2.57. The quantitative estimate of drug-likeness (QED) is 0.589. The molecule has 0 radical (unpaired) electrons. The van der Waals surface area contributed by atoms with Crippen LogP contribution in [0, 0.1) is 0 Å². The van der Waals surface area contributed by atoms with Crippen molar-refractivity contribution in [2.45, 2.75) is 57.6 Å². The van der Waals surface area contributed by atoms with E-state index in [1.165, 1.54) is 5.57 Å². The molecule has 6 nitrogen and oxygen atoms in total. The fourth-order valence-electron chi connectivity index (χ4n) is 2.91. The van der Waals surface area contributed by atoms with Gasteiger partial charge in [-0.25, -0.2) is 4.79 Å². The molecule has 0 aromatic heterocycles. The van der Waals surface area contributed by atoms with Crippen LogP contribution in [0.4, 0.5) is 4.79 Å². The van der Waals surface area contributed by atoms with Gasteiger partial charge in [-0.1, -0.05) is 11.6 Å². The number of morpholine rings is 1. The smallest absolute Gasteiger partial charge is 0.411 e. The lowest BCUT2D eigenvalue weighted by atomic mass is 9.92. The second-order valence-corrected chi connectivity index (χ2v) is 6.78. The van der Waals surface area contributed by atoms with E-state index in [0.717, 1.165) is 6.42 Å². The van der Waals surface area contributed by atoms with Crippen molar-refractivity contribution < 1.29 is 23.7 Å². The number of hydrogen-bond donors (Lipinski definition) is 0. The molecule has 6 heteroatoms. The third-order valence-electron chi connectivity index (χ3n) is 3.83. The van der Waals surface area contributed by atoms with Gasteiger partial charge in [-0.15, -0.1) is 0 Å². The van der Waals surface area contributed by atoms with Crippen LogP contribution in [0.3, 0.4) is 0 Å². The molecule has 0 aromatic rings. The minimum absolute atomic E-state index is 0.0166. The van der Waals surface area contributed by atoms with E-state index in [0.29, 0.717) is 19.6 Å². The van der Waals surface area contributed by atoms with Crippen molar-refractivity contribution in [3.8, 4) is 0 Å². The zero-order chi connectivity index (χ0) is 16.3. The maximum atomic E-state index is 12.4. The number of rotatable bonds is 4. The van der Waals surface area contributed by atoms with E-state index in [4.69, 9.17) is 18.9 Å². The summed E-state index contributed by atoms with van der Waals surface area (Å²) in [5, 5.41) is 0. The van der Waals surface area contributed by atoms with Crippen LogP contribution < -0.4 is 0 Å². The number of ether oxygens (including phenoxy) is 4. The van der Waals surface area contributed by atoms with Crippen molar-refractivity contribution in [2.24, 2.45) is 0 Å². The van der Waals surface area contributed by atoms with Gasteiger partial charge in [0.2, 0.25) is 0 Å². The van der Waals surface area contributed by atoms with Crippen LogP contribution >= 0.6 is 0 Å². The lowest BCUT2D eigenvalue weighted by molar-refractivity contribution is -0.103. The predicted octanol–water partition coefficient (Wildman–Crippen LogP) is 2.33. The van der Waals surface area contributed by atoms with Gasteiger partial charge >= 0.3 is 6.09 Å². The zero-order valence-electron chi connectivity index (χ0n) is 14.1. The maximum absolute atomic E-state index is 12.4. The number of methoxy groups -OCH3 is 2. The van der Waals surface area contributed by atoms with Crippen LogP contribution in [0.1, 0.15) is 33.6 Å². The molecule has 2 atom stereocenters. The summed E-state index contributed by atoms with van der Waals surface area (Å²) in [6, 6.07) is -0.0605. The molecular weight excluding hydrogens is 286 g/mol. The standard InChI is InChI=1S/C16H27NO5/c1-16(2,3)22-15(18)17-12-6-11(8-14(19-4)20-5)7-13(17)10-21-9-12/h6,12-14H,7-10H2,1-5H3. The summed E-state index contributed by atoms with van der Waals surface area (Å²) < 4.78 is 21.7. The normalized spacial score (nSPS) is 25.2. The number of fused-ring (bicyclic) bond motifs is 2. The van der Waals surface area contributed by atoms with Gasteiger partial charge < -0.3 is 18.9 Å². The Morgan fingerprint density at radius 3 is 2.59 bits per heavy atom. The molecule has 0 aliphatic carbocycles. The molecule has 0 aromatic carbocycles. The number of amides is 1. The van der Waals surface area contributed by atoms with Crippen molar-refractivity contribution in [1.82, 2.24) is 4.90 Å². The Morgan fingerprint density at radius 2 is 2.05 bits per heavy atom. The zero-order valence-corrected chi connectivity index (χ0v) is 14.1. The van der Waals surface area contributed by atoms with Crippen LogP contribution in [-0.4, -0.2) is 62.4 Å². The topological polar surface area (TPSA) is 57.2 Å². The average molecular weight is 313 g/mol. The fraction of sp³-hybridized carbons (Fsp3) is 0.812. The van der Waals surface area contributed by atoms with Gasteiger partial charge in [-0.2, -0.15) is 0 Å². The summed E-state index contributed by atoms with van der Waals surface area (Å²) >= 11 is 0. The highest BCUT2D eigenvalue weighted by Crippen LogP contribution is 2.31. The Labute approximate surface area is 132 Å². The van der Waals surface area contributed by atoms with E-state index in [-0.39, 0.29) is 24.5 Å². The molecule has 1 amide bonds. The monoisotopic (exact) mass is 313 g/mol. The molecule has 0 saturated carbocycles. The van der Waals surface area contributed by atoms with Gasteiger partial charge in [-0.3, -0.25) is 4.90 Å². The van der Waals surface area contributed by atoms with Gasteiger partial charge in [-0.05, 0) is 27.2 Å². The molecule has 2 bridgehead atoms. The van der Waals surface area contributed by atoms with E-state index in [1.54, 1.807) is 14.2 Å². The summed E-state index contributed by atoms with van der Waals surface area (Å²) in [5.41, 5.74) is 0.750. The van der Waals surface area contributed by atoms with Gasteiger partial charge in [0, 0.05) is 20.6 Å². The Balaban J connectivity index is 2.09. The first-order valence-electron chi connectivity index (χ1n) is 7.68. The van der Waals surface area contributed by atoms with Crippen LogP contribution in [0.2, 0.25) is 0 Å². The molecule has 1 fully saturated rings. The van der Waals surface area contributed by atoms with Crippen LogP contribution in [0.5, 0.6) is 0 Å². The summed E-state index contributed by atoms with van der Waals surface area (Å²) in [7, 11) is 3.27. The van der Waals surface area contributed by atoms with Crippen molar-refractivity contribution in [3.63, 3.8) is 0 Å². The third kappa shape index (κ3) is 4.21. The Bertz CT molecular complexity index is 425. The minimum atomic E-state index is -0.493. The first-order valence-corrected chi connectivity index (χ1v) is 7.68. The number of hydrogen-bond acceptors (Lipinski definition) is 5. The van der Waals surface area contributed by atoms with Gasteiger partial charge in [0.15, 0.2) is 6.29 Å². The lowest BCUT2D eigenvalue weighted by Gasteiger charge is -2.44. The van der Waals surface area contributed by atoms with E-state index >= 15 is 0 Å². The van der Waals surface area contributed by atoms with E-state index in [2.05, 4.69) is 6.08 Å². The molecule has 2 heterocycles. The Hall–Kier alpha value is -1.11. The molecule has 2 rings (SSSR count).